The first-order valence-corrected chi connectivity index (χ1v) is 5.03. The van der Waals surface area contributed by atoms with Crippen LogP contribution in [0.3, 0.4) is 0 Å². The second kappa shape index (κ2) is 4.59. The summed E-state index contributed by atoms with van der Waals surface area (Å²) in [5.74, 6) is 0. The van der Waals surface area contributed by atoms with Crippen molar-refractivity contribution in [2.24, 2.45) is 0 Å². The van der Waals surface area contributed by atoms with Gasteiger partial charge < -0.3 is 14.9 Å². The van der Waals surface area contributed by atoms with Gasteiger partial charge in [0.2, 0.25) is 0 Å². The van der Waals surface area contributed by atoms with Gasteiger partial charge in [-0.05, 0) is 0 Å². The summed E-state index contributed by atoms with van der Waals surface area (Å²) in [6.45, 7) is 0. The predicted molar refractivity (Wildman–Crippen MR) is 53.3 cm³/mol. The van der Waals surface area contributed by atoms with E-state index in [4.69, 9.17) is 4.74 Å². The van der Waals surface area contributed by atoms with Crippen molar-refractivity contribution >= 4 is 0 Å². The number of nitrogens with zero attached hydrogens (tertiary/aromatic N) is 1. The highest BCUT2D eigenvalue weighted by atomic mass is 19.3. The molecule has 18 heavy (non-hydrogen) atoms. The van der Waals surface area contributed by atoms with Crippen molar-refractivity contribution in [3.63, 3.8) is 0 Å². The highest BCUT2D eigenvalue weighted by Crippen LogP contribution is 2.31. The number of hydrogen-bond acceptors (Lipinski definition) is 5. The van der Waals surface area contributed by atoms with E-state index >= 15 is 0 Å². The molecule has 9 heteroatoms. The minimum Gasteiger partial charge on any atom is -0.387 e. The normalized spacial score (nSPS) is 32.1. The lowest BCUT2D eigenvalue weighted by Gasteiger charge is -2.16. The van der Waals surface area contributed by atoms with Crippen LogP contribution in [0.5, 0.6) is 0 Å². The molecular weight excluding hydrogens is 254 g/mol. The van der Waals surface area contributed by atoms with Crippen LogP contribution >= 0.6 is 0 Å². The Morgan fingerprint density at radius 2 is 2.00 bits per heavy atom. The lowest BCUT2D eigenvalue weighted by atomic mass is 10.1. The number of alkyl halides is 2. The van der Waals surface area contributed by atoms with Crippen LogP contribution in [0.4, 0.5) is 8.78 Å². The number of ether oxygens (including phenoxy) is 1. The topological polar surface area (TPSA) is 105 Å². The number of rotatable bonds is 2. The summed E-state index contributed by atoms with van der Waals surface area (Å²) in [5.41, 5.74) is -1.59. The SMILES string of the molecule is O=c1ccn([C@@H]2O[C@H](C(F)F)[C@@H](O)[C@H]2O)c(=O)[nH]1. The summed E-state index contributed by atoms with van der Waals surface area (Å²) in [6, 6.07) is 0.972. The third-order valence-corrected chi connectivity index (χ3v) is 2.65. The summed E-state index contributed by atoms with van der Waals surface area (Å²) in [6.07, 6.45) is -8.86. The molecule has 0 saturated carbocycles. The van der Waals surface area contributed by atoms with E-state index in [-0.39, 0.29) is 0 Å². The van der Waals surface area contributed by atoms with Crippen molar-refractivity contribution in [1.29, 1.82) is 0 Å². The first-order chi connectivity index (χ1) is 8.41. The number of aromatic nitrogens is 2. The van der Waals surface area contributed by atoms with Gasteiger partial charge in [-0.15, -0.1) is 0 Å². The second-order valence-electron chi connectivity index (χ2n) is 3.82. The molecule has 1 aliphatic rings. The molecule has 2 rings (SSSR count). The van der Waals surface area contributed by atoms with Gasteiger partial charge in [-0.25, -0.2) is 13.6 Å². The minimum atomic E-state index is -3.00. The van der Waals surface area contributed by atoms with Crippen LogP contribution in [0.25, 0.3) is 0 Å². The van der Waals surface area contributed by atoms with Crippen LogP contribution in [0.2, 0.25) is 0 Å². The second-order valence-corrected chi connectivity index (χ2v) is 3.82. The highest BCUT2D eigenvalue weighted by molar-refractivity contribution is 4.93. The molecule has 0 aliphatic carbocycles. The zero-order valence-electron chi connectivity index (χ0n) is 8.86. The molecular formula is C9H10F2N2O5. The van der Waals surface area contributed by atoms with Crippen molar-refractivity contribution < 1.29 is 23.7 Å². The lowest BCUT2D eigenvalue weighted by molar-refractivity contribution is -0.0990. The number of halogens is 2. The fraction of sp³-hybridized carbons (Fsp3) is 0.556. The maximum absolute atomic E-state index is 12.5. The van der Waals surface area contributed by atoms with E-state index < -0.39 is 42.2 Å². The first-order valence-electron chi connectivity index (χ1n) is 5.03. The van der Waals surface area contributed by atoms with E-state index in [0.29, 0.717) is 0 Å². The summed E-state index contributed by atoms with van der Waals surface area (Å²) in [7, 11) is 0. The number of aliphatic hydroxyl groups is 2. The molecule has 0 aromatic carbocycles. The molecule has 0 amide bonds. The van der Waals surface area contributed by atoms with E-state index in [1.54, 1.807) is 0 Å². The molecule has 0 unspecified atom stereocenters. The smallest absolute Gasteiger partial charge is 0.330 e. The third-order valence-electron chi connectivity index (χ3n) is 2.65. The van der Waals surface area contributed by atoms with Gasteiger partial charge in [-0.1, -0.05) is 0 Å². The van der Waals surface area contributed by atoms with Gasteiger partial charge in [0.1, 0.15) is 18.3 Å². The van der Waals surface area contributed by atoms with Crippen LogP contribution in [-0.2, 0) is 4.74 Å². The van der Waals surface area contributed by atoms with E-state index in [1.807, 2.05) is 4.98 Å². The molecule has 7 nitrogen and oxygen atoms in total. The number of hydrogen-bond donors (Lipinski definition) is 3. The average molecular weight is 264 g/mol. The van der Waals surface area contributed by atoms with Crippen LogP contribution in [-0.4, -0.2) is 44.5 Å². The molecule has 2 heterocycles. The van der Waals surface area contributed by atoms with Crippen molar-refractivity contribution in [3.05, 3.63) is 33.1 Å². The fourth-order valence-corrected chi connectivity index (χ4v) is 1.75. The molecule has 1 aliphatic heterocycles. The first kappa shape index (κ1) is 12.9. The number of aromatic amines is 1. The van der Waals surface area contributed by atoms with E-state index in [1.165, 1.54) is 0 Å². The van der Waals surface area contributed by atoms with Gasteiger partial charge in [-0.3, -0.25) is 14.3 Å². The lowest BCUT2D eigenvalue weighted by Crippen LogP contribution is -2.38. The molecule has 3 N–H and O–H groups in total. The van der Waals surface area contributed by atoms with Crippen molar-refractivity contribution in [2.45, 2.75) is 31.0 Å². The number of H-pyrrole nitrogens is 1. The van der Waals surface area contributed by atoms with Crippen molar-refractivity contribution in [2.75, 3.05) is 0 Å². The van der Waals surface area contributed by atoms with Crippen LogP contribution in [0.1, 0.15) is 6.23 Å². The maximum atomic E-state index is 12.5. The Morgan fingerprint density at radius 3 is 2.50 bits per heavy atom. The van der Waals surface area contributed by atoms with Crippen LogP contribution in [0, 0.1) is 0 Å². The Balaban J connectivity index is 2.35. The summed E-state index contributed by atoms with van der Waals surface area (Å²) >= 11 is 0. The Labute approximate surface area is 98.3 Å². The zero-order chi connectivity index (χ0) is 13.4. The van der Waals surface area contributed by atoms with Gasteiger partial charge in [0.15, 0.2) is 6.23 Å². The number of nitrogens with one attached hydrogen (secondary N) is 1. The molecule has 1 saturated heterocycles. The molecule has 0 spiro atoms. The van der Waals surface area contributed by atoms with E-state index in [2.05, 4.69) is 0 Å². The molecule has 1 aromatic heterocycles. The number of aliphatic hydroxyl groups excluding tert-OH is 2. The standard InChI is InChI=1S/C9H10F2N2O5/c10-7(11)6-4(15)5(16)8(18-6)13-2-1-3(14)12-9(13)17/h1-2,4-8,15-16H,(H,12,14,17)/t4-,5+,6-,8+/m0/s1. The highest BCUT2D eigenvalue weighted by Gasteiger charge is 2.48. The maximum Gasteiger partial charge on any atom is 0.330 e. The largest absolute Gasteiger partial charge is 0.387 e. The Hall–Kier alpha value is -1.58. The average Bonchev–Trinajstić information content (AvgIpc) is 2.57. The van der Waals surface area contributed by atoms with Gasteiger partial charge in [0, 0.05) is 12.3 Å². The Bertz CT molecular complexity index is 542. The molecule has 0 radical (unpaired) electrons. The monoisotopic (exact) mass is 264 g/mol. The molecule has 0 bridgehead atoms. The third kappa shape index (κ3) is 2.07. The van der Waals surface area contributed by atoms with Crippen LogP contribution in [0.15, 0.2) is 21.9 Å². The fourth-order valence-electron chi connectivity index (χ4n) is 1.75. The Morgan fingerprint density at radius 1 is 1.33 bits per heavy atom. The zero-order valence-corrected chi connectivity index (χ0v) is 8.86. The van der Waals surface area contributed by atoms with Gasteiger partial charge >= 0.3 is 5.69 Å². The molecule has 100 valence electrons. The Kier molecular flexibility index (Phi) is 3.28. The molecule has 4 atom stereocenters. The summed E-state index contributed by atoms with van der Waals surface area (Å²) in [5, 5.41) is 18.9. The van der Waals surface area contributed by atoms with Crippen molar-refractivity contribution in [3.8, 4) is 0 Å². The summed E-state index contributed by atoms with van der Waals surface area (Å²) < 4.78 is 30.4. The van der Waals surface area contributed by atoms with E-state index in [0.717, 1.165) is 16.8 Å². The van der Waals surface area contributed by atoms with Gasteiger partial charge in [-0.2, -0.15) is 0 Å². The van der Waals surface area contributed by atoms with Gasteiger partial charge in [0.05, 0.1) is 0 Å². The van der Waals surface area contributed by atoms with E-state index in [9.17, 15) is 28.6 Å². The minimum absolute atomic E-state index is 0.672. The quantitative estimate of drug-likeness (QED) is 0.598. The van der Waals surface area contributed by atoms with Crippen molar-refractivity contribution in [1.82, 2.24) is 9.55 Å². The predicted octanol–water partition coefficient (Wildman–Crippen LogP) is -1.58. The molecule has 1 fully saturated rings. The van der Waals surface area contributed by atoms with Crippen LogP contribution < -0.4 is 11.2 Å². The van der Waals surface area contributed by atoms with Gasteiger partial charge in [0.25, 0.3) is 12.0 Å². The summed E-state index contributed by atoms with van der Waals surface area (Å²) in [4.78, 5) is 24.1. The molecule has 1 aromatic rings.